The second-order valence-corrected chi connectivity index (χ2v) is 16.4. The summed E-state index contributed by atoms with van der Waals surface area (Å²) in [6.45, 7) is 3.68. The average Bonchev–Trinajstić information content (AvgIpc) is 3.30. The van der Waals surface area contributed by atoms with Crippen LogP contribution in [0.2, 0.25) is 0 Å². The zero-order chi connectivity index (χ0) is 46.1. The number of fused-ring (bicyclic) bond motifs is 2. The summed E-state index contributed by atoms with van der Waals surface area (Å²) in [7, 11) is 0. The maximum atomic E-state index is 14.9. The smallest absolute Gasteiger partial charge is 0.416 e. The highest BCUT2D eigenvalue weighted by molar-refractivity contribution is 6.03. The second-order valence-electron chi connectivity index (χ2n) is 16.4. The Morgan fingerprint density at radius 3 is 2.20 bits per heavy atom. The van der Waals surface area contributed by atoms with Crippen LogP contribution in [-0.2, 0) is 22.7 Å². The number of aliphatic hydroxyl groups excluding tert-OH is 2. The topological polar surface area (TPSA) is 217 Å². The number of hydrogen-bond acceptors (Lipinski definition) is 13. The lowest BCUT2D eigenvalue weighted by atomic mass is 9.55. The molecule has 0 spiro atoms. The molecule has 4 aromatic rings. The SMILES string of the molecule is C=CCOC12Oc3ccc(O)cc3C3C(CCCCO)C(CCCCO)C=C(C(=NOCc4ccc([N+](=O)[O-])cc4)CC1N(Cc1ccc(F)cc1)C(=O)Oc1ccc([N+](=O)[O-])cc1)C32. The molecule has 65 heavy (non-hydrogen) atoms. The molecule has 4 aromatic carbocycles. The van der Waals surface area contributed by atoms with Crippen LogP contribution < -0.4 is 9.47 Å². The molecule has 16 nitrogen and oxygen atoms in total. The van der Waals surface area contributed by atoms with Crippen molar-refractivity contribution >= 4 is 23.2 Å². The van der Waals surface area contributed by atoms with Crippen molar-refractivity contribution in [3.05, 3.63) is 158 Å². The molecule has 0 aromatic heterocycles. The lowest BCUT2D eigenvalue weighted by molar-refractivity contribution is -0.385. The van der Waals surface area contributed by atoms with Crippen molar-refractivity contribution in [2.24, 2.45) is 22.9 Å². The van der Waals surface area contributed by atoms with Gasteiger partial charge in [0.15, 0.2) is 0 Å². The molecule has 1 amide bonds. The van der Waals surface area contributed by atoms with Gasteiger partial charge in [-0.1, -0.05) is 42.3 Å². The third kappa shape index (κ3) is 10.3. The number of allylic oxidation sites excluding steroid dienone is 1. The third-order valence-electron chi connectivity index (χ3n) is 12.3. The van der Waals surface area contributed by atoms with E-state index in [2.05, 4.69) is 12.7 Å². The maximum Gasteiger partial charge on any atom is 0.416 e. The molecule has 3 aliphatic rings. The van der Waals surface area contributed by atoms with Gasteiger partial charge in [-0.15, -0.1) is 6.58 Å². The van der Waals surface area contributed by atoms with E-state index in [1.54, 1.807) is 30.3 Å². The van der Waals surface area contributed by atoms with E-state index in [0.717, 1.165) is 0 Å². The minimum absolute atomic E-state index is 0.00574. The highest BCUT2D eigenvalue weighted by atomic mass is 19.1. The predicted octanol–water partition coefficient (Wildman–Crippen LogP) is 8.88. The van der Waals surface area contributed by atoms with Crippen LogP contribution in [0.25, 0.3) is 0 Å². The number of nitrogens with zero attached hydrogens (tertiary/aromatic N) is 4. The minimum Gasteiger partial charge on any atom is -0.508 e. The van der Waals surface area contributed by atoms with Crippen LogP contribution in [-0.4, -0.2) is 73.5 Å². The number of phenols is 1. The van der Waals surface area contributed by atoms with Crippen molar-refractivity contribution < 1.29 is 53.4 Å². The first-order valence-electron chi connectivity index (χ1n) is 21.6. The molecule has 0 bridgehead atoms. The van der Waals surface area contributed by atoms with Crippen LogP contribution in [0.4, 0.5) is 20.6 Å². The van der Waals surface area contributed by atoms with Gasteiger partial charge in [-0.25, -0.2) is 9.18 Å². The lowest BCUT2D eigenvalue weighted by Crippen LogP contribution is -2.70. The van der Waals surface area contributed by atoms with Gasteiger partial charge in [0.25, 0.3) is 11.4 Å². The highest BCUT2D eigenvalue weighted by Gasteiger charge is 2.65. The number of unbranched alkanes of at least 4 members (excludes halogenated alkanes) is 2. The van der Waals surface area contributed by atoms with Gasteiger partial charge in [0.1, 0.15) is 35.7 Å². The van der Waals surface area contributed by atoms with Crippen molar-refractivity contribution in [2.75, 3.05) is 19.8 Å². The average molecular weight is 895 g/mol. The number of non-ortho nitro benzene ring substituents is 2. The fourth-order valence-electron chi connectivity index (χ4n) is 9.44. The van der Waals surface area contributed by atoms with Gasteiger partial charge in [-0.05, 0) is 109 Å². The minimum atomic E-state index is -1.72. The van der Waals surface area contributed by atoms with Gasteiger partial charge in [-0.3, -0.25) is 25.1 Å². The summed E-state index contributed by atoms with van der Waals surface area (Å²) in [4.78, 5) is 44.1. The number of oxime groups is 1. The molecule has 3 N–H and O–H groups in total. The number of phenolic OH excluding ortho intramolecular Hbond substituents is 1. The number of aliphatic hydroxyl groups is 2. The predicted molar refractivity (Wildman–Crippen MR) is 236 cm³/mol. The van der Waals surface area contributed by atoms with E-state index in [-0.39, 0.29) is 74.1 Å². The molecule has 0 saturated heterocycles. The van der Waals surface area contributed by atoms with Crippen molar-refractivity contribution in [1.29, 1.82) is 0 Å². The van der Waals surface area contributed by atoms with Crippen molar-refractivity contribution in [3.63, 3.8) is 0 Å². The summed E-state index contributed by atoms with van der Waals surface area (Å²) in [6, 6.07) is 20.3. The van der Waals surface area contributed by atoms with Gasteiger partial charge in [0.2, 0.25) is 5.79 Å². The summed E-state index contributed by atoms with van der Waals surface area (Å²) in [5.74, 6) is -3.21. The highest BCUT2D eigenvalue weighted by Crippen LogP contribution is 2.62. The molecule has 6 atom stereocenters. The zero-order valence-electron chi connectivity index (χ0n) is 35.6. The van der Waals surface area contributed by atoms with Crippen LogP contribution in [0.3, 0.4) is 0 Å². The van der Waals surface area contributed by atoms with Crippen molar-refractivity contribution in [2.45, 2.75) is 75.8 Å². The number of nitro groups is 2. The monoisotopic (exact) mass is 894 g/mol. The largest absolute Gasteiger partial charge is 0.508 e. The van der Waals surface area contributed by atoms with E-state index >= 15 is 0 Å². The third-order valence-corrected chi connectivity index (χ3v) is 12.3. The standard InChI is InChI=1S/C48H51FN4O12/c1-2-25-62-48-44(51(29-31-9-13-34(49)14-10-31)47(57)64-38-20-17-36(18-21-38)53(60)61)28-42(50-63-30-32-11-15-35(16-12-32)52(58)59)40-26-33(7-3-5-23-54)39(8-4-6-24-55)45(46(40)48)41-27-37(56)19-22-43(41)65-48/h2,9-22,26-27,33,39,44-46,54-56H,1,3-8,23-25,28-30H2. The van der Waals surface area contributed by atoms with Gasteiger partial charge >= 0.3 is 6.09 Å². The van der Waals surface area contributed by atoms with Gasteiger partial charge in [0, 0.05) is 61.9 Å². The van der Waals surface area contributed by atoms with E-state index in [4.69, 9.17) is 24.2 Å². The van der Waals surface area contributed by atoms with Gasteiger partial charge in [0.05, 0.1) is 28.1 Å². The van der Waals surface area contributed by atoms with E-state index in [9.17, 15) is 44.7 Å². The Morgan fingerprint density at radius 2 is 1.55 bits per heavy atom. The Labute approximate surface area is 374 Å². The van der Waals surface area contributed by atoms with Crippen LogP contribution in [0.5, 0.6) is 17.2 Å². The number of aromatic hydroxyl groups is 1. The van der Waals surface area contributed by atoms with Crippen molar-refractivity contribution in [1.82, 2.24) is 4.90 Å². The summed E-state index contributed by atoms with van der Waals surface area (Å²) < 4.78 is 34.4. The summed E-state index contributed by atoms with van der Waals surface area (Å²) in [5, 5.41) is 58.4. The van der Waals surface area contributed by atoms with E-state index in [0.29, 0.717) is 72.2 Å². The maximum absolute atomic E-state index is 14.9. The van der Waals surface area contributed by atoms with Crippen molar-refractivity contribution in [3.8, 4) is 17.2 Å². The molecule has 1 fully saturated rings. The van der Waals surface area contributed by atoms with E-state index in [1.165, 1.54) is 71.6 Å². The molecule has 2 aliphatic carbocycles. The second kappa shape index (κ2) is 20.9. The molecule has 17 heteroatoms. The summed E-state index contributed by atoms with van der Waals surface area (Å²) in [6.07, 6.45) is 6.60. The molecule has 1 heterocycles. The van der Waals surface area contributed by atoms with Crippen LogP contribution in [0.1, 0.15) is 67.6 Å². The lowest BCUT2D eigenvalue weighted by Gasteiger charge is -2.59. The van der Waals surface area contributed by atoms with E-state index < -0.39 is 45.4 Å². The fourth-order valence-corrected chi connectivity index (χ4v) is 9.44. The molecular weight excluding hydrogens is 844 g/mol. The van der Waals surface area contributed by atoms with Crippen LogP contribution in [0, 0.1) is 43.8 Å². The Kier molecular flexibility index (Phi) is 14.9. The Balaban J connectivity index is 1.43. The number of hydrogen-bond donors (Lipinski definition) is 3. The Bertz CT molecular complexity index is 2390. The van der Waals surface area contributed by atoms with Crippen LogP contribution in [0.15, 0.2) is 120 Å². The Morgan fingerprint density at radius 1 is 0.908 bits per heavy atom. The molecule has 0 radical (unpaired) electrons. The van der Waals surface area contributed by atoms with E-state index in [1.807, 2.05) is 0 Å². The molecule has 1 aliphatic heterocycles. The molecule has 7 rings (SSSR count). The number of carbonyl (C=O) groups is 1. The van der Waals surface area contributed by atoms with Gasteiger partial charge < -0.3 is 34.4 Å². The first-order chi connectivity index (χ1) is 31.5. The molecule has 1 saturated carbocycles. The first kappa shape index (κ1) is 46.3. The number of benzene rings is 4. The fraction of sp³-hybridized carbons (Fsp3) is 0.375. The number of ether oxygens (including phenoxy) is 3. The molecule has 342 valence electrons. The molecule has 6 unspecified atom stereocenters. The van der Waals surface area contributed by atoms with Crippen LogP contribution >= 0.6 is 0 Å². The normalized spacial score (nSPS) is 22.4. The Hall–Kier alpha value is -6.69. The zero-order valence-corrected chi connectivity index (χ0v) is 35.6. The number of halogens is 1. The number of rotatable bonds is 20. The van der Waals surface area contributed by atoms with Gasteiger partial charge in [-0.2, -0.15) is 0 Å². The first-order valence-corrected chi connectivity index (χ1v) is 21.6. The quantitative estimate of drug-likeness (QED) is 0.0328. The number of amides is 1. The summed E-state index contributed by atoms with van der Waals surface area (Å²) >= 11 is 0. The summed E-state index contributed by atoms with van der Waals surface area (Å²) in [5.41, 5.74) is 2.68. The number of nitro benzene ring substituents is 2. The number of carbonyl (C=O) groups excluding carboxylic acids is 1. The molecular formula is C48H51FN4O12.